The van der Waals surface area contributed by atoms with Gasteiger partial charge < -0.3 is 10.2 Å². The highest BCUT2D eigenvalue weighted by molar-refractivity contribution is 6.12. The van der Waals surface area contributed by atoms with Gasteiger partial charge in [0.2, 0.25) is 11.8 Å². The molecule has 1 N–H and O–H groups in total. The van der Waals surface area contributed by atoms with Gasteiger partial charge in [0.05, 0.1) is 0 Å². The zero-order valence-corrected chi connectivity index (χ0v) is 15.7. The summed E-state index contributed by atoms with van der Waals surface area (Å²) in [5.41, 5.74) is 1.08. The van der Waals surface area contributed by atoms with Crippen molar-refractivity contribution < 1.29 is 9.59 Å². The summed E-state index contributed by atoms with van der Waals surface area (Å²) in [6.45, 7) is 5.57. The van der Waals surface area contributed by atoms with E-state index in [2.05, 4.69) is 18.3 Å². The van der Waals surface area contributed by atoms with Crippen molar-refractivity contribution in [3.63, 3.8) is 0 Å². The molecule has 1 fully saturated rings. The lowest BCUT2D eigenvalue weighted by molar-refractivity contribution is -0.140. The third-order valence-corrected chi connectivity index (χ3v) is 5.72. The van der Waals surface area contributed by atoms with Crippen LogP contribution in [0.2, 0.25) is 0 Å². The van der Waals surface area contributed by atoms with E-state index < -0.39 is 5.41 Å². The number of hydrogen-bond donors (Lipinski definition) is 1. The minimum absolute atomic E-state index is 0.0925. The van der Waals surface area contributed by atoms with Crippen LogP contribution in [0.3, 0.4) is 0 Å². The van der Waals surface area contributed by atoms with Gasteiger partial charge in [0.25, 0.3) is 0 Å². The highest BCUT2D eigenvalue weighted by atomic mass is 16.2. The predicted molar refractivity (Wildman–Crippen MR) is 101 cm³/mol. The number of hydrogen-bond acceptors (Lipinski definition) is 2. The Labute approximate surface area is 151 Å². The molecule has 4 nitrogen and oxygen atoms in total. The van der Waals surface area contributed by atoms with Gasteiger partial charge >= 0.3 is 0 Å². The van der Waals surface area contributed by atoms with E-state index in [1.807, 2.05) is 23.1 Å². The molecule has 1 aliphatic heterocycles. The fourth-order valence-electron chi connectivity index (χ4n) is 4.06. The Hall–Kier alpha value is -1.84. The van der Waals surface area contributed by atoms with E-state index in [0.29, 0.717) is 0 Å². The summed E-state index contributed by atoms with van der Waals surface area (Å²) in [6, 6.07) is 8.31. The van der Waals surface area contributed by atoms with Crippen LogP contribution in [0.15, 0.2) is 24.3 Å². The predicted octanol–water partition coefficient (Wildman–Crippen LogP) is 3.83. The standard InChI is InChI=1S/C21H30N2O2/c1-15-14-16-10-8-9-13-18(16)23(15)20(25)21(2,3)19(24)22-17-11-6-4-5-7-12-17/h8-10,13,15,17H,4-7,11-12,14H2,1-3H3,(H,22,24). The number of nitrogens with zero attached hydrogens (tertiary/aromatic N) is 1. The number of amides is 2. The molecule has 1 heterocycles. The molecule has 2 aliphatic rings. The second-order valence-corrected chi connectivity index (χ2v) is 8.14. The van der Waals surface area contributed by atoms with Gasteiger partial charge in [-0.3, -0.25) is 9.59 Å². The number of nitrogens with one attached hydrogen (secondary N) is 1. The first-order valence-corrected chi connectivity index (χ1v) is 9.64. The van der Waals surface area contributed by atoms with Gasteiger partial charge in [0, 0.05) is 17.8 Å². The van der Waals surface area contributed by atoms with Gasteiger partial charge in [-0.1, -0.05) is 43.9 Å². The molecule has 0 aromatic heterocycles. The third kappa shape index (κ3) is 3.58. The first kappa shape index (κ1) is 18.0. The summed E-state index contributed by atoms with van der Waals surface area (Å²) in [5, 5.41) is 3.16. The maximum Gasteiger partial charge on any atom is 0.242 e. The highest BCUT2D eigenvalue weighted by Gasteiger charge is 2.44. The van der Waals surface area contributed by atoms with E-state index in [4.69, 9.17) is 0 Å². The van der Waals surface area contributed by atoms with Crippen molar-refractivity contribution in [1.82, 2.24) is 5.32 Å². The number of para-hydroxylation sites is 1. The molecule has 1 aromatic rings. The lowest BCUT2D eigenvalue weighted by atomic mass is 9.89. The Balaban J connectivity index is 1.74. The molecule has 0 radical (unpaired) electrons. The third-order valence-electron chi connectivity index (χ3n) is 5.72. The van der Waals surface area contributed by atoms with Gasteiger partial charge in [-0.2, -0.15) is 0 Å². The topological polar surface area (TPSA) is 49.4 Å². The normalized spacial score (nSPS) is 21.6. The van der Waals surface area contributed by atoms with Gasteiger partial charge in [0.15, 0.2) is 0 Å². The number of benzene rings is 1. The molecule has 136 valence electrons. The Morgan fingerprint density at radius 2 is 1.72 bits per heavy atom. The molecule has 1 unspecified atom stereocenters. The van der Waals surface area contributed by atoms with Gasteiger partial charge in [0.1, 0.15) is 5.41 Å². The monoisotopic (exact) mass is 342 g/mol. The summed E-state index contributed by atoms with van der Waals surface area (Å²) in [7, 11) is 0. The summed E-state index contributed by atoms with van der Waals surface area (Å²) in [6.07, 6.45) is 7.72. The number of carbonyl (C=O) groups excluding carboxylic acids is 2. The van der Waals surface area contributed by atoms with Crippen molar-refractivity contribution in [1.29, 1.82) is 0 Å². The SMILES string of the molecule is CC1Cc2ccccc2N1C(=O)C(C)(C)C(=O)NC1CCCCCC1. The van der Waals surface area contributed by atoms with E-state index in [1.54, 1.807) is 13.8 Å². The fourth-order valence-corrected chi connectivity index (χ4v) is 4.06. The Bertz CT molecular complexity index is 645. The minimum atomic E-state index is -1.06. The second-order valence-electron chi connectivity index (χ2n) is 8.14. The zero-order valence-electron chi connectivity index (χ0n) is 15.7. The molecule has 4 heteroatoms. The molecule has 1 aromatic carbocycles. The molecule has 1 aliphatic carbocycles. The first-order valence-electron chi connectivity index (χ1n) is 9.64. The van der Waals surface area contributed by atoms with Crippen LogP contribution in [0.4, 0.5) is 5.69 Å². The molecule has 0 saturated heterocycles. The smallest absolute Gasteiger partial charge is 0.242 e. The molecule has 1 atom stereocenters. The Morgan fingerprint density at radius 1 is 1.08 bits per heavy atom. The van der Waals surface area contributed by atoms with Crippen LogP contribution >= 0.6 is 0 Å². The molecule has 0 spiro atoms. The van der Waals surface area contributed by atoms with Crippen LogP contribution in [0, 0.1) is 5.41 Å². The second kappa shape index (κ2) is 7.19. The number of carbonyl (C=O) groups is 2. The minimum Gasteiger partial charge on any atom is -0.352 e. The summed E-state index contributed by atoms with van der Waals surface area (Å²) < 4.78 is 0. The lowest BCUT2D eigenvalue weighted by Gasteiger charge is -2.32. The lowest BCUT2D eigenvalue weighted by Crippen LogP contribution is -2.53. The molecular weight excluding hydrogens is 312 g/mol. The Kier molecular flexibility index (Phi) is 5.16. The van der Waals surface area contributed by atoms with Crippen LogP contribution in [0.5, 0.6) is 0 Å². The van der Waals surface area contributed by atoms with Crippen molar-refractivity contribution in [2.75, 3.05) is 4.90 Å². The van der Waals surface area contributed by atoms with Crippen molar-refractivity contribution in [2.24, 2.45) is 5.41 Å². The van der Waals surface area contributed by atoms with Crippen molar-refractivity contribution in [3.05, 3.63) is 29.8 Å². The zero-order chi connectivity index (χ0) is 18.0. The quantitative estimate of drug-likeness (QED) is 0.670. The van der Waals surface area contributed by atoms with Crippen LogP contribution in [0.1, 0.15) is 64.9 Å². The van der Waals surface area contributed by atoms with Crippen LogP contribution in [0.25, 0.3) is 0 Å². The molecular formula is C21H30N2O2. The molecule has 25 heavy (non-hydrogen) atoms. The van der Waals surface area contributed by atoms with E-state index in [1.165, 1.54) is 18.4 Å². The number of rotatable bonds is 3. The van der Waals surface area contributed by atoms with Crippen molar-refractivity contribution >= 4 is 17.5 Å². The first-order chi connectivity index (χ1) is 11.9. The largest absolute Gasteiger partial charge is 0.352 e. The average Bonchev–Trinajstić information content (AvgIpc) is 2.73. The van der Waals surface area contributed by atoms with Crippen LogP contribution < -0.4 is 10.2 Å². The van der Waals surface area contributed by atoms with Crippen LogP contribution in [-0.2, 0) is 16.0 Å². The average molecular weight is 342 g/mol. The number of fused-ring (bicyclic) bond motifs is 1. The van der Waals surface area contributed by atoms with E-state index >= 15 is 0 Å². The summed E-state index contributed by atoms with van der Waals surface area (Å²) in [5.74, 6) is -0.239. The fraction of sp³-hybridized carbons (Fsp3) is 0.619. The van der Waals surface area contributed by atoms with Gasteiger partial charge in [-0.25, -0.2) is 0 Å². The maximum absolute atomic E-state index is 13.3. The van der Waals surface area contributed by atoms with Crippen molar-refractivity contribution in [3.8, 4) is 0 Å². The molecule has 0 bridgehead atoms. The Morgan fingerprint density at radius 3 is 2.40 bits per heavy atom. The van der Waals surface area contributed by atoms with Crippen molar-refractivity contribution in [2.45, 2.75) is 77.8 Å². The van der Waals surface area contributed by atoms with Crippen LogP contribution in [-0.4, -0.2) is 23.9 Å². The summed E-state index contributed by atoms with van der Waals surface area (Å²) in [4.78, 5) is 28.0. The van der Waals surface area contributed by atoms with E-state index in [-0.39, 0.29) is 23.9 Å². The molecule has 3 rings (SSSR count). The number of anilines is 1. The van der Waals surface area contributed by atoms with E-state index in [9.17, 15) is 9.59 Å². The molecule has 2 amide bonds. The van der Waals surface area contributed by atoms with Gasteiger partial charge in [-0.15, -0.1) is 0 Å². The van der Waals surface area contributed by atoms with E-state index in [0.717, 1.165) is 37.8 Å². The highest BCUT2D eigenvalue weighted by Crippen LogP contribution is 2.35. The maximum atomic E-state index is 13.3. The summed E-state index contributed by atoms with van der Waals surface area (Å²) >= 11 is 0. The molecule has 1 saturated carbocycles. The van der Waals surface area contributed by atoms with Gasteiger partial charge in [-0.05, 0) is 51.7 Å².